The van der Waals surface area contributed by atoms with E-state index in [1.807, 2.05) is 50.2 Å². The summed E-state index contributed by atoms with van der Waals surface area (Å²) in [6.45, 7) is 4.69. The van der Waals surface area contributed by atoms with Gasteiger partial charge in [-0.2, -0.15) is 0 Å². The molecule has 1 atom stereocenters. The summed E-state index contributed by atoms with van der Waals surface area (Å²) in [7, 11) is 1.56. The molecule has 6 nitrogen and oxygen atoms in total. The molecule has 0 aliphatic carbocycles. The monoisotopic (exact) mass is 489 g/mol. The molecule has 1 aromatic heterocycles. The van der Waals surface area contributed by atoms with E-state index in [4.69, 9.17) is 25.5 Å². The molecule has 35 heavy (non-hydrogen) atoms. The van der Waals surface area contributed by atoms with Crippen molar-refractivity contribution in [1.82, 2.24) is 4.90 Å². The number of rotatable bonds is 6. The summed E-state index contributed by atoms with van der Waals surface area (Å²) in [4.78, 5) is 29.0. The van der Waals surface area contributed by atoms with Crippen LogP contribution in [0.5, 0.6) is 11.5 Å². The molecule has 4 aromatic rings. The van der Waals surface area contributed by atoms with Crippen LogP contribution in [0.2, 0.25) is 5.02 Å². The first-order valence-electron chi connectivity index (χ1n) is 11.3. The van der Waals surface area contributed by atoms with E-state index in [0.717, 1.165) is 16.7 Å². The van der Waals surface area contributed by atoms with Crippen LogP contribution in [0.1, 0.15) is 45.8 Å². The van der Waals surface area contributed by atoms with Crippen molar-refractivity contribution in [2.45, 2.75) is 26.4 Å². The Morgan fingerprint density at radius 2 is 1.77 bits per heavy atom. The van der Waals surface area contributed by atoms with Gasteiger partial charge in [0.2, 0.25) is 5.76 Å². The maximum Gasteiger partial charge on any atom is 0.291 e. The molecular weight excluding hydrogens is 466 g/mol. The number of methoxy groups -OCH3 is 1. The fraction of sp³-hybridized carbons (Fsp3) is 0.214. The Kier molecular flexibility index (Phi) is 5.99. The molecule has 0 fully saturated rings. The van der Waals surface area contributed by atoms with Crippen molar-refractivity contribution in [3.63, 3.8) is 0 Å². The Labute approximate surface area is 207 Å². The van der Waals surface area contributed by atoms with Gasteiger partial charge in [0.15, 0.2) is 16.9 Å². The van der Waals surface area contributed by atoms with E-state index in [0.29, 0.717) is 46.2 Å². The maximum absolute atomic E-state index is 13.7. The quantitative estimate of drug-likeness (QED) is 0.337. The van der Waals surface area contributed by atoms with Crippen LogP contribution in [0, 0.1) is 6.92 Å². The van der Waals surface area contributed by atoms with Crippen molar-refractivity contribution in [2.24, 2.45) is 0 Å². The van der Waals surface area contributed by atoms with E-state index >= 15 is 0 Å². The molecule has 0 spiro atoms. The average molecular weight is 490 g/mol. The van der Waals surface area contributed by atoms with Crippen molar-refractivity contribution in [2.75, 3.05) is 13.7 Å². The first-order valence-corrected chi connectivity index (χ1v) is 11.7. The molecule has 178 valence electrons. The molecule has 2 heterocycles. The largest absolute Gasteiger partial charge is 0.493 e. The number of aryl methyl sites for hydroxylation is 1. The maximum atomic E-state index is 13.7. The number of nitrogens with zero attached hydrogens (tertiary/aromatic N) is 1. The number of hydrogen-bond donors (Lipinski definition) is 0. The van der Waals surface area contributed by atoms with E-state index in [9.17, 15) is 9.59 Å². The Bertz CT molecular complexity index is 1490. The summed E-state index contributed by atoms with van der Waals surface area (Å²) in [6, 6.07) is 17.6. The SMILES string of the molecule is CCOc1ccc(C2c3c(oc4ccc(Cl)cc4c3=O)C(=O)N2Cc2ccc(C)cc2)cc1OC. The summed E-state index contributed by atoms with van der Waals surface area (Å²) >= 11 is 6.17. The van der Waals surface area contributed by atoms with Crippen LogP contribution in [0.15, 0.2) is 69.9 Å². The van der Waals surface area contributed by atoms with E-state index in [1.165, 1.54) is 0 Å². The second-order valence-corrected chi connectivity index (χ2v) is 8.92. The van der Waals surface area contributed by atoms with Gasteiger partial charge in [-0.15, -0.1) is 0 Å². The summed E-state index contributed by atoms with van der Waals surface area (Å²) in [5, 5.41) is 0.758. The highest BCUT2D eigenvalue weighted by molar-refractivity contribution is 6.31. The Hall–Kier alpha value is -3.77. The molecule has 1 unspecified atom stereocenters. The lowest BCUT2D eigenvalue weighted by Crippen LogP contribution is -2.29. The van der Waals surface area contributed by atoms with Crippen molar-refractivity contribution >= 4 is 28.5 Å². The fourth-order valence-electron chi connectivity index (χ4n) is 4.52. The zero-order valence-corrected chi connectivity index (χ0v) is 20.4. The zero-order chi connectivity index (χ0) is 24.7. The van der Waals surface area contributed by atoms with Crippen LogP contribution >= 0.6 is 11.6 Å². The Morgan fingerprint density at radius 3 is 2.49 bits per heavy atom. The van der Waals surface area contributed by atoms with Crippen molar-refractivity contribution in [3.05, 3.63) is 104 Å². The number of ether oxygens (including phenoxy) is 2. The van der Waals surface area contributed by atoms with Gasteiger partial charge >= 0.3 is 0 Å². The molecule has 0 saturated heterocycles. The number of fused-ring (bicyclic) bond motifs is 2. The first-order chi connectivity index (χ1) is 16.9. The molecule has 1 aliphatic heterocycles. The van der Waals surface area contributed by atoms with Gasteiger partial charge in [0, 0.05) is 11.6 Å². The number of benzene rings is 3. The lowest BCUT2D eigenvalue weighted by Gasteiger charge is -2.26. The van der Waals surface area contributed by atoms with Crippen molar-refractivity contribution < 1.29 is 18.7 Å². The third-order valence-electron chi connectivity index (χ3n) is 6.20. The molecule has 1 amide bonds. The standard InChI is InChI=1S/C28H24ClNO5/c1-4-34-22-11-9-18(13-23(22)33-3)25-24-26(31)20-14-19(29)10-12-21(20)35-27(24)28(32)30(25)15-17-7-5-16(2)6-8-17/h5-14,25H,4,15H2,1-3H3. The van der Waals surface area contributed by atoms with Crippen LogP contribution < -0.4 is 14.9 Å². The van der Waals surface area contributed by atoms with Gasteiger partial charge in [-0.05, 0) is 55.3 Å². The third-order valence-corrected chi connectivity index (χ3v) is 6.44. The van der Waals surface area contributed by atoms with Gasteiger partial charge in [0.1, 0.15) is 5.58 Å². The van der Waals surface area contributed by atoms with Crippen LogP contribution in [-0.2, 0) is 6.54 Å². The van der Waals surface area contributed by atoms with Crippen molar-refractivity contribution in [3.8, 4) is 11.5 Å². The summed E-state index contributed by atoms with van der Waals surface area (Å²) in [5.74, 6) is 0.821. The van der Waals surface area contributed by atoms with Gasteiger partial charge in [-0.3, -0.25) is 9.59 Å². The Morgan fingerprint density at radius 1 is 1.00 bits per heavy atom. The van der Waals surface area contributed by atoms with E-state index in [2.05, 4.69) is 0 Å². The van der Waals surface area contributed by atoms with Gasteiger partial charge < -0.3 is 18.8 Å². The van der Waals surface area contributed by atoms with E-state index in [1.54, 1.807) is 36.3 Å². The second-order valence-electron chi connectivity index (χ2n) is 8.48. The van der Waals surface area contributed by atoms with Gasteiger partial charge in [-0.25, -0.2) is 0 Å². The number of hydrogen-bond acceptors (Lipinski definition) is 5. The zero-order valence-electron chi connectivity index (χ0n) is 19.6. The van der Waals surface area contributed by atoms with Crippen LogP contribution in [0.25, 0.3) is 11.0 Å². The lowest BCUT2D eigenvalue weighted by molar-refractivity contribution is 0.0714. The number of carbonyl (C=O) groups is 1. The minimum Gasteiger partial charge on any atom is -0.493 e. The average Bonchev–Trinajstić information content (AvgIpc) is 3.13. The topological polar surface area (TPSA) is 69.0 Å². The first kappa shape index (κ1) is 23.0. The van der Waals surface area contributed by atoms with Crippen LogP contribution in [0.4, 0.5) is 0 Å². The molecule has 0 radical (unpaired) electrons. The molecule has 7 heteroatoms. The van der Waals surface area contributed by atoms with Crippen LogP contribution in [0.3, 0.4) is 0 Å². The van der Waals surface area contributed by atoms with Gasteiger partial charge in [0.25, 0.3) is 5.91 Å². The summed E-state index contributed by atoms with van der Waals surface area (Å²) in [5.41, 5.74) is 3.13. The van der Waals surface area contributed by atoms with Gasteiger partial charge in [-0.1, -0.05) is 47.5 Å². The number of carbonyl (C=O) groups excluding carboxylic acids is 1. The molecular formula is C28H24ClNO5. The van der Waals surface area contributed by atoms with Crippen molar-refractivity contribution in [1.29, 1.82) is 0 Å². The molecule has 5 rings (SSSR count). The molecule has 3 aromatic carbocycles. The van der Waals surface area contributed by atoms with Crippen LogP contribution in [-0.4, -0.2) is 24.5 Å². The normalized spacial score (nSPS) is 14.9. The van der Waals surface area contributed by atoms with E-state index in [-0.39, 0.29) is 17.1 Å². The minimum absolute atomic E-state index is 0.0507. The fourth-order valence-corrected chi connectivity index (χ4v) is 4.69. The third kappa shape index (κ3) is 4.04. The molecule has 0 N–H and O–H groups in total. The number of amides is 1. The minimum atomic E-state index is -0.664. The predicted molar refractivity (Wildman–Crippen MR) is 135 cm³/mol. The van der Waals surface area contributed by atoms with E-state index < -0.39 is 6.04 Å². The highest BCUT2D eigenvalue weighted by Crippen LogP contribution is 2.41. The van der Waals surface area contributed by atoms with Gasteiger partial charge in [0.05, 0.1) is 30.7 Å². The number of halogens is 1. The molecule has 1 aliphatic rings. The smallest absolute Gasteiger partial charge is 0.291 e. The summed E-state index contributed by atoms with van der Waals surface area (Å²) < 4.78 is 17.2. The summed E-state index contributed by atoms with van der Waals surface area (Å²) in [6.07, 6.45) is 0. The molecule has 0 bridgehead atoms. The molecule has 0 saturated carbocycles. The lowest BCUT2D eigenvalue weighted by atomic mass is 9.97. The second kappa shape index (κ2) is 9.12. The highest BCUT2D eigenvalue weighted by atomic mass is 35.5. The highest BCUT2D eigenvalue weighted by Gasteiger charge is 2.43. The predicted octanol–water partition coefficient (Wildman–Crippen LogP) is 5.91. The Balaban J connectivity index is 1.71.